The first-order valence-electron chi connectivity index (χ1n) is 6.53. The fourth-order valence-electron chi connectivity index (χ4n) is 2.12. The first-order chi connectivity index (χ1) is 9.42. The van der Waals surface area contributed by atoms with Crippen molar-refractivity contribution >= 4 is 0 Å². The van der Waals surface area contributed by atoms with Crippen molar-refractivity contribution in [1.82, 2.24) is 5.32 Å². The minimum Gasteiger partial charge on any atom is -0.490 e. The highest BCUT2D eigenvalue weighted by molar-refractivity contribution is 5.40. The Labute approximate surface area is 112 Å². The largest absolute Gasteiger partial charge is 0.490 e. The molecule has 4 nitrogen and oxygen atoms in total. The molecule has 4 heteroatoms. The van der Waals surface area contributed by atoms with E-state index in [1.807, 2.05) is 36.4 Å². The molecule has 100 valence electrons. The molecule has 0 saturated heterocycles. The molecule has 1 aliphatic heterocycles. The Balaban J connectivity index is 1.54. The van der Waals surface area contributed by atoms with Crippen LogP contribution in [-0.2, 0) is 6.54 Å². The minimum absolute atomic E-state index is 0.124. The van der Waals surface area contributed by atoms with Crippen molar-refractivity contribution in [2.75, 3.05) is 13.2 Å². The standard InChI is InChI=1S/C15H17NO3/c1-2-6-15-14(5-1)18-9-7-13(19-15)11-16-10-12-4-3-8-17-12/h1-6,8,13,16H,7,9-11H2. The van der Waals surface area contributed by atoms with Crippen molar-refractivity contribution < 1.29 is 13.9 Å². The molecular weight excluding hydrogens is 242 g/mol. The van der Waals surface area contributed by atoms with Gasteiger partial charge in [0.05, 0.1) is 19.4 Å². The highest BCUT2D eigenvalue weighted by atomic mass is 16.5. The SMILES string of the molecule is c1coc(CNCC2CCOc3ccccc3O2)c1. The summed E-state index contributed by atoms with van der Waals surface area (Å²) in [6.45, 7) is 2.18. The second kappa shape index (κ2) is 5.80. The predicted octanol–water partition coefficient (Wildman–Crippen LogP) is 2.60. The summed E-state index contributed by atoms with van der Waals surface area (Å²) in [5, 5.41) is 3.34. The smallest absolute Gasteiger partial charge is 0.161 e. The van der Waals surface area contributed by atoms with Crippen LogP contribution in [0.1, 0.15) is 12.2 Å². The van der Waals surface area contributed by atoms with Gasteiger partial charge in [-0.25, -0.2) is 0 Å². The zero-order valence-electron chi connectivity index (χ0n) is 10.7. The summed E-state index contributed by atoms with van der Waals surface area (Å²) in [4.78, 5) is 0. The van der Waals surface area contributed by atoms with Crippen LogP contribution >= 0.6 is 0 Å². The normalized spacial score (nSPS) is 18.0. The molecule has 0 fully saturated rings. The topological polar surface area (TPSA) is 43.6 Å². The fourth-order valence-corrected chi connectivity index (χ4v) is 2.12. The van der Waals surface area contributed by atoms with Crippen LogP contribution in [0.2, 0.25) is 0 Å². The van der Waals surface area contributed by atoms with E-state index in [-0.39, 0.29) is 6.10 Å². The lowest BCUT2D eigenvalue weighted by molar-refractivity contribution is 0.186. The van der Waals surface area contributed by atoms with E-state index in [2.05, 4.69) is 5.32 Å². The molecule has 1 aromatic heterocycles. The number of hydrogen-bond acceptors (Lipinski definition) is 4. The van der Waals surface area contributed by atoms with Crippen LogP contribution in [0, 0.1) is 0 Å². The molecule has 2 heterocycles. The Morgan fingerprint density at radius 2 is 2.00 bits per heavy atom. The molecule has 1 aromatic carbocycles. The van der Waals surface area contributed by atoms with Crippen molar-refractivity contribution in [3.8, 4) is 11.5 Å². The van der Waals surface area contributed by atoms with Crippen LogP contribution in [0.25, 0.3) is 0 Å². The average Bonchev–Trinajstić information content (AvgIpc) is 2.85. The first-order valence-corrected chi connectivity index (χ1v) is 6.53. The van der Waals surface area contributed by atoms with Gasteiger partial charge in [-0.15, -0.1) is 0 Å². The van der Waals surface area contributed by atoms with Gasteiger partial charge in [0.1, 0.15) is 11.9 Å². The molecule has 1 unspecified atom stereocenters. The maximum atomic E-state index is 5.96. The van der Waals surface area contributed by atoms with E-state index in [1.165, 1.54) is 0 Å². The zero-order valence-corrected chi connectivity index (χ0v) is 10.7. The van der Waals surface area contributed by atoms with E-state index in [4.69, 9.17) is 13.9 Å². The first kappa shape index (κ1) is 12.1. The number of benzene rings is 1. The Kier molecular flexibility index (Phi) is 3.70. The zero-order chi connectivity index (χ0) is 12.9. The summed E-state index contributed by atoms with van der Waals surface area (Å²) in [7, 11) is 0. The lowest BCUT2D eigenvalue weighted by Crippen LogP contribution is -2.31. The Bertz CT molecular complexity index is 510. The van der Waals surface area contributed by atoms with E-state index in [9.17, 15) is 0 Å². The fraction of sp³-hybridized carbons (Fsp3) is 0.333. The Hall–Kier alpha value is -1.94. The third-order valence-electron chi connectivity index (χ3n) is 3.09. The van der Waals surface area contributed by atoms with Gasteiger partial charge in [-0.05, 0) is 24.3 Å². The lowest BCUT2D eigenvalue weighted by atomic mass is 10.2. The van der Waals surface area contributed by atoms with Gasteiger partial charge in [-0.3, -0.25) is 0 Å². The summed E-state index contributed by atoms with van der Waals surface area (Å²) in [5.41, 5.74) is 0. The lowest BCUT2D eigenvalue weighted by Gasteiger charge is -2.16. The van der Waals surface area contributed by atoms with Gasteiger partial charge >= 0.3 is 0 Å². The second-order valence-electron chi connectivity index (χ2n) is 4.53. The van der Waals surface area contributed by atoms with Crippen molar-refractivity contribution in [2.45, 2.75) is 19.1 Å². The molecule has 2 aromatic rings. The van der Waals surface area contributed by atoms with Gasteiger partial charge in [-0.1, -0.05) is 12.1 Å². The van der Waals surface area contributed by atoms with Crippen molar-refractivity contribution in [3.63, 3.8) is 0 Å². The number of hydrogen-bond donors (Lipinski definition) is 1. The van der Waals surface area contributed by atoms with Gasteiger partial charge in [0.2, 0.25) is 0 Å². The summed E-state index contributed by atoms with van der Waals surface area (Å²) >= 11 is 0. The maximum Gasteiger partial charge on any atom is 0.161 e. The van der Waals surface area contributed by atoms with Crippen molar-refractivity contribution in [1.29, 1.82) is 0 Å². The second-order valence-corrected chi connectivity index (χ2v) is 4.53. The minimum atomic E-state index is 0.124. The molecule has 1 atom stereocenters. The quantitative estimate of drug-likeness (QED) is 0.916. The van der Waals surface area contributed by atoms with Gasteiger partial charge in [0.25, 0.3) is 0 Å². The number of fused-ring (bicyclic) bond motifs is 1. The predicted molar refractivity (Wildman–Crippen MR) is 71.4 cm³/mol. The van der Waals surface area contributed by atoms with Crippen LogP contribution in [0.15, 0.2) is 47.1 Å². The Morgan fingerprint density at radius 3 is 2.84 bits per heavy atom. The molecule has 1 aliphatic rings. The molecule has 0 aliphatic carbocycles. The summed E-state index contributed by atoms with van der Waals surface area (Å²) < 4.78 is 16.9. The van der Waals surface area contributed by atoms with E-state index >= 15 is 0 Å². The highest BCUT2D eigenvalue weighted by Crippen LogP contribution is 2.30. The summed E-state index contributed by atoms with van der Waals surface area (Å²) in [5.74, 6) is 2.59. The Morgan fingerprint density at radius 1 is 1.11 bits per heavy atom. The number of rotatable bonds is 4. The molecular formula is C15H17NO3. The summed E-state index contributed by atoms with van der Waals surface area (Å²) in [6.07, 6.45) is 2.68. The third-order valence-corrected chi connectivity index (χ3v) is 3.09. The number of para-hydroxylation sites is 2. The number of ether oxygens (including phenoxy) is 2. The van der Waals surface area contributed by atoms with Crippen LogP contribution in [-0.4, -0.2) is 19.3 Å². The maximum absolute atomic E-state index is 5.96. The molecule has 3 rings (SSSR count). The van der Waals surface area contributed by atoms with E-state index in [0.717, 1.165) is 36.8 Å². The molecule has 0 spiro atoms. The average molecular weight is 259 g/mol. The third kappa shape index (κ3) is 3.09. The van der Waals surface area contributed by atoms with Gasteiger partial charge in [0.15, 0.2) is 11.5 Å². The monoisotopic (exact) mass is 259 g/mol. The van der Waals surface area contributed by atoms with E-state index in [0.29, 0.717) is 6.61 Å². The van der Waals surface area contributed by atoms with Crippen LogP contribution in [0.3, 0.4) is 0 Å². The van der Waals surface area contributed by atoms with E-state index in [1.54, 1.807) is 6.26 Å². The number of furan rings is 1. The van der Waals surface area contributed by atoms with E-state index < -0.39 is 0 Å². The van der Waals surface area contributed by atoms with Crippen LogP contribution < -0.4 is 14.8 Å². The molecule has 19 heavy (non-hydrogen) atoms. The molecule has 0 saturated carbocycles. The number of nitrogens with one attached hydrogen (secondary N) is 1. The molecule has 0 amide bonds. The van der Waals surface area contributed by atoms with Crippen LogP contribution in [0.5, 0.6) is 11.5 Å². The van der Waals surface area contributed by atoms with Gasteiger partial charge in [-0.2, -0.15) is 0 Å². The van der Waals surface area contributed by atoms with Gasteiger partial charge in [0, 0.05) is 13.0 Å². The van der Waals surface area contributed by atoms with Crippen molar-refractivity contribution in [2.24, 2.45) is 0 Å². The summed E-state index contributed by atoms with van der Waals surface area (Å²) in [6, 6.07) is 11.6. The van der Waals surface area contributed by atoms with Gasteiger partial charge < -0.3 is 19.2 Å². The molecule has 1 N–H and O–H groups in total. The molecule has 0 bridgehead atoms. The van der Waals surface area contributed by atoms with Crippen LogP contribution in [0.4, 0.5) is 0 Å². The molecule has 0 radical (unpaired) electrons. The highest BCUT2D eigenvalue weighted by Gasteiger charge is 2.17. The van der Waals surface area contributed by atoms with Crippen molar-refractivity contribution in [3.05, 3.63) is 48.4 Å².